The van der Waals surface area contributed by atoms with Crippen LogP contribution in [0.3, 0.4) is 0 Å². The summed E-state index contributed by atoms with van der Waals surface area (Å²) in [6.07, 6.45) is 1.33. The van der Waals surface area contributed by atoms with Crippen molar-refractivity contribution in [3.05, 3.63) is 70.8 Å². The number of nitrogens with zero attached hydrogens (tertiary/aromatic N) is 1. The van der Waals surface area contributed by atoms with Crippen molar-refractivity contribution in [2.45, 2.75) is 77.4 Å². The molecular formula is C28H34N2O3S. The standard InChI is InChI=1S/C28H34N2O3S/c1-17(2)32-26-14-11-20(15-21(26)16-29)18(3)34-19(4)22-9-8-10-24-23(22)12-13-25(24)30-27(31)33-28(5,6)7/h8-11,14-15,17-18,25H,4,12-13H2,1-3,5-7H3,(H,30,31)/t18?,25-/m0/s1. The number of carbonyl (C=O) groups is 1. The predicted octanol–water partition coefficient (Wildman–Crippen LogP) is 7.32. The monoisotopic (exact) mass is 478 g/mol. The second-order valence-corrected chi connectivity index (χ2v) is 11.3. The van der Waals surface area contributed by atoms with Gasteiger partial charge in [-0.25, -0.2) is 4.79 Å². The van der Waals surface area contributed by atoms with Crippen molar-refractivity contribution in [3.63, 3.8) is 0 Å². The van der Waals surface area contributed by atoms with E-state index in [2.05, 4.69) is 37.0 Å². The van der Waals surface area contributed by atoms with Gasteiger partial charge in [0.05, 0.1) is 17.7 Å². The van der Waals surface area contributed by atoms with Crippen LogP contribution in [0.1, 0.15) is 87.1 Å². The zero-order valence-corrected chi connectivity index (χ0v) is 21.7. The summed E-state index contributed by atoms with van der Waals surface area (Å²) in [6.45, 7) is 16.0. The highest BCUT2D eigenvalue weighted by atomic mass is 32.2. The number of amides is 1. The first-order valence-electron chi connectivity index (χ1n) is 11.7. The van der Waals surface area contributed by atoms with E-state index in [9.17, 15) is 10.1 Å². The minimum atomic E-state index is -0.529. The van der Waals surface area contributed by atoms with Crippen molar-refractivity contribution in [1.29, 1.82) is 5.26 Å². The van der Waals surface area contributed by atoms with Gasteiger partial charge >= 0.3 is 6.09 Å². The zero-order chi connectivity index (χ0) is 25.0. The Hall–Kier alpha value is -2.91. The number of nitriles is 1. The maximum atomic E-state index is 12.3. The third kappa shape index (κ3) is 6.36. The Labute approximate surface area is 207 Å². The van der Waals surface area contributed by atoms with Gasteiger partial charge in [-0.3, -0.25) is 0 Å². The minimum absolute atomic E-state index is 0.0123. The summed E-state index contributed by atoms with van der Waals surface area (Å²) in [6, 6.07) is 14.2. The maximum Gasteiger partial charge on any atom is 0.408 e. The fourth-order valence-electron chi connectivity index (χ4n) is 4.10. The van der Waals surface area contributed by atoms with Crippen molar-refractivity contribution in [3.8, 4) is 11.8 Å². The molecule has 0 heterocycles. The van der Waals surface area contributed by atoms with Crippen LogP contribution < -0.4 is 10.1 Å². The molecule has 2 atom stereocenters. The molecule has 0 saturated carbocycles. The van der Waals surface area contributed by atoms with E-state index in [0.29, 0.717) is 11.3 Å². The van der Waals surface area contributed by atoms with Crippen molar-refractivity contribution in [1.82, 2.24) is 5.32 Å². The molecule has 0 saturated heterocycles. The van der Waals surface area contributed by atoms with Crippen LogP contribution in [0.4, 0.5) is 4.79 Å². The molecule has 0 aliphatic heterocycles. The number of benzene rings is 2. The number of nitrogens with one attached hydrogen (secondary N) is 1. The Morgan fingerprint density at radius 1 is 1.24 bits per heavy atom. The van der Waals surface area contributed by atoms with Crippen LogP contribution in [0.2, 0.25) is 0 Å². The molecule has 1 aliphatic rings. The number of carbonyl (C=O) groups excluding carboxylic acids is 1. The van der Waals surface area contributed by atoms with Gasteiger partial charge in [0.15, 0.2) is 0 Å². The fourth-order valence-corrected chi connectivity index (χ4v) is 5.13. The average Bonchev–Trinajstić information content (AvgIpc) is 3.14. The van der Waals surface area contributed by atoms with Crippen LogP contribution in [0.15, 0.2) is 43.0 Å². The van der Waals surface area contributed by atoms with E-state index in [0.717, 1.165) is 34.4 Å². The molecule has 3 rings (SSSR count). The molecule has 0 spiro atoms. The molecule has 0 fully saturated rings. The molecule has 1 N–H and O–H groups in total. The molecule has 1 aliphatic carbocycles. The summed E-state index contributed by atoms with van der Waals surface area (Å²) in [5.41, 5.74) is 4.53. The summed E-state index contributed by atoms with van der Waals surface area (Å²) in [7, 11) is 0. The van der Waals surface area contributed by atoms with E-state index < -0.39 is 11.7 Å². The van der Waals surface area contributed by atoms with Gasteiger partial charge in [0, 0.05) is 10.2 Å². The summed E-state index contributed by atoms with van der Waals surface area (Å²) < 4.78 is 11.2. The van der Waals surface area contributed by atoms with E-state index in [1.54, 1.807) is 11.8 Å². The quantitative estimate of drug-likeness (QED) is 0.451. The highest BCUT2D eigenvalue weighted by molar-refractivity contribution is 8.08. The van der Waals surface area contributed by atoms with E-state index >= 15 is 0 Å². The van der Waals surface area contributed by atoms with E-state index in [4.69, 9.17) is 9.47 Å². The van der Waals surface area contributed by atoms with Crippen LogP contribution >= 0.6 is 11.8 Å². The smallest absolute Gasteiger partial charge is 0.408 e. The van der Waals surface area contributed by atoms with Crippen LogP contribution in [0, 0.1) is 11.3 Å². The van der Waals surface area contributed by atoms with Crippen LogP contribution in [-0.2, 0) is 11.2 Å². The van der Waals surface area contributed by atoms with Gasteiger partial charge in [-0.05, 0) is 88.8 Å². The lowest BCUT2D eigenvalue weighted by atomic mass is 10.0. The lowest BCUT2D eigenvalue weighted by Gasteiger charge is -2.22. The molecule has 2 aromatic rings. The third-order valence-corrected chi connectivity index (χ3v) is 6.67. The molecule has 2 aromatic carbocycles. The van der Waals surface area contributed by atoms with Gasteiger partial charge in [-0.1, -0.05) is 30.8 Å². The number of hydrogen-bond acceptors (Lipinski definition) is 5. The highest BCUT2D eigenvalue weighted by Crippen LogP contribution is 2.43. The Balaban J connectivity index is 1.74. The Bertz CT molecular complexity index is 1110. The number of rotatable bonds is 7. The molecule has 0 radical (unpaired) electrons. The topological polar surface area (TPSA) is 71.3 Å². The molecule has 6 heteroatoms. The Morgan fingerprint density at radius 3 is 2.62 bits per heavy atom. The van der Waals surface area contributed by atoms with E-state index in [1.807, 2.05) is 58.9 Å². The van der Waals surface area contributed by atoms with Crippen molar-refractivity contribution in [2.24, 2.45) is 0 Å². The molecule has 0 aromatic heterocycles. The minimum Gasteiger partial charge on any atom is -0.490 e. The van der Waals surface area contributed by atoms with Crippen LogP contribution in [0.5, 0.6) is 5.75 Å². The fraction of sp³-hybridized carbons (Fsp3) is 0.429. The average molecular weight is 479 g/mol. The zero-order valence-electron chi connectivity index (χ0n) is 20.9. The third-order valence-electron chi connectivity index (χ3n) is 5.54. The molecule has 5 nitrogen and oxygen atoms in total. The molecule has 1 unspecified atom stereocenters. The van der Waals surface area contributed by atoms with Gasteiger partial charge < -0.3 is 14.8 Å². The van der Waals surface area contributed by atoms with Gasteiger partial charge in [-0.2, -0.15) is 5.26 Å². The maximum absolute atomic E-state index is 12.3. The first kappa shape index (κ1) is 25.7. The second kappa shape index (κ2) is 10.6. The van der Waals surface area contributed by atoms with E-state index in [1.165, 1.54) is 5.56 Å². The number of ether oxygens (including phenoxy) is 2. The normalized spacial score (nSPS) is 15.9. The van der Waals surface area contributed by atoms with Crippen LogP contribution in [-0.4, -0.2) is 17.8 Å². The van der Waals surface area contributed by atoms with Gasteiger partial charge in [0.25, 0.3) is 0 Å². The summed E-state index contributed by atoms with van der Waals surface area (Å²) in [5.74, 6) is 0.613. The Kier molecular flexibility index (Phi) is 7.99. The predicted molar refractivity (Wildman–Crippen MR) is 139 cm³/mol. The van der Waals surface area contributed by atoms with Crippen molar-refractivity contribution in [2.75, 3.05) is 0 Å². The number of fused-ring (bicyclic) bond motifs is 1. The first-order chi connectivity index (χ1) is 16.0. The molecular weight excluding hydrogens is 444 g/mol. The molecule has 180 valence electrons. The van der Waals surface area contributed by atoms with E-state index in [-0.39, 0.29) is 17.4 Å². The largest absolute Gasteiger partial charge is 0.490 e. The van der Waals surface area contributed by atoms with Gasteiger partial charge in [-0.15, -0.1) is 11.8 Å². The molecule has 0 bridgehead atoms. The number of hydrogen-bond donors (Lipinski definition) is 1. The Morgan fingerprint density at radius 2 is 1.97 bits per heavy atom. The van der Waals surface area contributed by atoms with Crippen molar-refractivity contribution < 1.29 is 14.3 Å². The second-order valence-electron chi connectivity index (χ2n) is 9.83. The summed E-state index contributed by atoms with van der Waals surface area (Å²) in [5, 5.41) is 12.7. The highest BCUT2D eigenvalue weighted by Gasteiger charge is 2.28. The summed E-state index contributed by atoms with van der Waals surface area (Å²) >= 11 is 1.68. The molecule has 34 heavy (non-hydrogen) atoms. The first-order valence-corrected chi connectivity index (χ1v) is 12.5. The SMILES string of the molecule is C=C(SC(C)c1ccc(OC(C)C)c(C#N)c1)c1cccc2c1CC[C@@H]2NC(=O)OC(C)(C)C. The lowest BCUT2D eigenvalue weighted by molar-refractivity contribution is 0.0503. The summed E-state index contributed by atoms with van der Waals surface area (Å²) in [4.78, 5) is 13.3. The van der Waals surface area contributed by atoms with Gasteiger partial charge in [0.2, 0.25) is 0 Å². The lowest BCUT2D eigenvalue weighted by Crippen LogP contribution is -2.34. The number of thioether (sulfide) groups is 1. The van der Waals surface area contributed by atoms with Crippen LogP contribution in [0.25, 0.3) is 4.91 Å². The molecule has 1 amide bonds. The van der Waals surface area contributed by atoms with Crippen molar-refractivity contribution >= 4 is 22.8 Å². The number of alkyl carbamates (subject to hydrolysis) is 1. The van der Waals surface area contributed by atoms with Gasteiger partial charge in [0.1, 0.15) is 17.4 Å².